The third-order valence-electron chi connectivity index (χ3n) is 4.34. The molecule has 3 N–H and O–H groups in total. The largest absolute Gasteiger partial charge is 0.389 e. The molecule has 3 atom stereocenters. The fourth-order valence-electron chi connectivity index (χ4n) is 3.08. The monoisotopic (exact) mass is 340 g/mol. The lowest BCUT2D eigenvalue weighted by atomic mass is 9.93. The molecule has 0 spiro atoms. The maximum Gasteiger partial charge on any atom is 0.106 e. The van der Waals surface area contributed by atoms with Gasteiger partial charge in [-0.05, 0) is 42.9 Å². The minimum absolute atomic E-state index is 0.452. The molecular weight excluding hydrogens is 320 g/mol. The van der Waals surface area contributed by atoms with E-state index in [1.54, 1.807) is 0 Å². The number of benzene rings is 1. The zero-order valence-corrected chi connectivity index (χ0v) is 13.9. The standard InChI is InChI=1S/C15H21BrN2S/c1-3-10-4-7-13(9(10)2)18-14-8-11(16)5-6-12(14)15(17)19/h5-6,8-10,13,18H,3-4,7H2,1-2H3,(H2,17,19). The first-order valence-corrected chi connectivity index (χ1v) is 8.09. The van der Waals surface area contributed by atoms with Crippen molar-refractivity contribution < 1.29 is 0 Å². The summed E-state index contributed by atoms with van der Waals surface area (Å²) in [4.78, 5) is 0.452. The molecule has 0 radical (unpaired) electrons. The van der Waals surface area contributed by atoms with Gasteiger partial charge in [-0.1, -0.05) is 48.4 Å². The van der Waals surface area contributed by atoms with Crippen LogP contribution in [0.25, 0.3) is 0 Å². The van der Waals surface area contributed by atoms with Crippen molar-refractivity contribution in [1.82, 2.24) is 0 Å². The van der Waals surface area contributed by atoms with Crippen LogP contribution in [0.3, 0.4) is 0 Å². The van der Waals surface area contributed by atoms with Crippen LogP contribution in [-0.2, 0) is 0 Å². The molecule has 1 aliphatic rings. The van der Waals surface area contributed by atoms with Crippen LogP contribution in [0, 0.1) is 11.8 Å². The van der Waals surface area contributed by atoms with Gasteiger partial charge in [-0.25, -0.2) is 0 Å². The summed E-state index contributed by atoms with van der Waals surface area (Å²) in [6.07, 6.45) is 3.80. The minimum Gasteiger partial charge on any atom is -0.389 e. The van der Waals surface area contributed by atoms with E-state index in [1.807, 2.05) is 12.1 Å². The van der Waals surface area contributed by atoms with Crippen molar-refractivity contribution in [3.63, 3.8) is 0 Å². The molecule has 1 fully saturated rings. The van der Waals surface area contributed by atoms with E-state index in [2.05, 4.69) is 41.2 Å². The number of hydrogen-bond donors (Lipinski definition) is 2. The molecule has 0 aliphatic heterocycles. The zero-order valence-electron chi connectivity index (χ0n) is 11.4. The molecule has 0 aromatic heterocycles. The Kier molecular flexibility index (Phi) is 4.85. The second-order valence-corrected chi connectivity index (χ2v) is 6.77. The van der Waals surface area contributed by atoms with Crippen LogP contribution in [0.1, 0.15) is 38.7 Å². The number of anilines is 1. The summed E-state index contributed by atoms with van der Waals surface area (Å²) >= 11 is 8.64. The number of halogens is 1. The van der Waals surface area contributed by atoms with Crippen molar-refractivity contribution in [3.05, 3.63) is 28.2 Å². The average molecular weight is 341 g/mol. The molecule has 1 aliphatic carbocycles. The SMILES string of the molecule is CCC1CCC(Nc2cc(Br)ccc2C(N)=S)C1C. The Morgan fingerprint density at radius 2 is 2.21 bits per heavy atom. The first kappa shape index (κ1) is 14.8. The second-order valence-electron chi connectivity index (χ2n) is 5.41. The Balaban J connectivity index is 2.19. The molecule has 2 rings (SSSR count). The molecule has 1 aromatic carbocycles. The van der Waals surface area contributed by atoms with Gasteiger partial charge in [0.25, 0.3) is 0 Å². The lowest BCUT2D eigenvalue weighted by Gasteiger charge is -2.23. The highest BCUT2D eigenvalue weighted by molar-refractivity contribution is 9.10. The van der Waals surface area contributed by atoms with Gasteiger partial charge < -0.3 is 11.1 Å². The van der Waals surface area contributed by atoms with Crippen LogP contribution in [0.5, 0.6) is 0 Å². The Bertz CT molecular complexity index is 475. The zero-order chi connectivity index (χ0) is 14.0. The molecule has 19 heavy (non-hydrogen) atoms. The van der Waals surface area contributed by atoms with Gasteiger partial charge in [0.05, 0.1) is 0 Å². The fraction of sp³-hybridized carbons (Fsp3) is 0.533. The average Bonchev–Trinajstić information content (AvgIpc) is 2.70. The molecule has 0 bridgehead atoms. The number of nitrogens with one attached hydrogen (secondary N) is 1. The number of rotatable bonds is 4. The summed E-state index contributed by atoms with van der Waals surface area (Å²) in [7, 11) is 0. The predicted octanol–water partition coefficient (Wildman–Crippen LogP) is 4.32. The van der Waals surface area contributed by atoms with E-state index in [9.17, 15) is 0 Å². The predicted molar refractivity (Wildman–Crippen MR) is 89.6 cm³/mol. The van der Waals surface area contributed by atoms with Gasteiger partial charge in [0.1, 0.15) is 4.99 Å². The molecule has 1 saturated carbocycles. The van der Waals surface area contributed by atoms with Crippen LogP contribution < -0.4 is 11.1 Å². The Morgan fingerprint density at radius 3 is 2.79 bits per heavy atom. The van der Waals surface area contributed by atoms with Gasteiger partial charge >= 0.3 is 0 Å². The van der Waals surface area contributed by atoms with Gasteiger partial charge in [-0.3, -0.25) is 0 Å². The van der Waals surface area contributed by atoms with Crippen LogP contribution in [-0.4, -0.2) is 11.0 Å². The third-order valence-corrected chi connectivity index (χ3v) is 5.05. The first-order chi connectivity index (χ1) is 9.02. The lowest BCUT2D eigenvalue weighted by Crippen LogP contribution is -2.26. The van der Waals surface area contributed by atoms with Gasteiger partial charge in [-0.15, -0.1) is 0 Å². The van der Waals surface area contributed by atoms with Gasteiger partial charge in [0, 0.05) is 21.8 Å². The smallest absolute Gasteiger partial charge is 0.106 e. The number of thiocarbonyl (C=S) groups is 1. The molecular formula is C15H21BrN2S. The van der Waals surface area contributed by atoms with Crippen molar-refractivity contribution in [2.24, 2.45) is 17.6 Å². The summed E-state index contributed by atoms with van der Waals surface area (Å²) in [5.41, 5.74) is 7.79. The molecule has 0 saturated heterocycles. The summed E-state index contributed by atoms with van der Waals surface area (Å²) in [6.45, 7) is 4.63. The quantitative estimate of drug-likeness (QED) is 0.801. The second kappa shape index (κ2) is 6.23. The van der Waals surface area contributed by atoms with Crippen LogP contribution in [0.4, 0.5) is 5.69 Å². The molecule has 0 amide bonds. The van der Waals surface area contributed by atoms with Crippen LogP contribution >= 0.6 is 28.1 Å². The summed E-state index contributed by atoms with van der Waals surface area (Å²) in [6, 6.07) is 6.55. The van der Waals surface area contributed by atoms with E-state index < -0.39 is 0 Å². The van der Waals surface area contributed by atoms with Crippen LogP contribution in [0.15, 0.2) is 22.7 Å². The third kappa shape index (κ3) is 3.29. The van der Waals surface area contributed by atoms with Crippen molar-refractivity contribution in [2.45, 2.75) is 39.2 Å². The van der Waals surface area contributed by atoms with E-state index in [4.69, 9.17) is 18.0 Å². The van der Waals surface area contributed by atoms with Crippen molar-refractivity contribution in [3.8, 4) is 0 Å². The maximum absolute atomic E-state index is 5.80. The molecule has 4 heteroatoms. The fourth-order valence-corrected chi connectivity index (χ4v) is 3.62. The number of hydrogen-bond acceptors (Lipinski definition) is 2. The van der Waals surface area contributed by atoms with Gasteiger partial charge in [0.15, 0.2) is 0 Å². The highest BCUT2D eigenvalue weighted by Gasteiger charge is 2.31. The van der Waals surface area contributed by atoms with E-state index in [-0.39, 0.29) is 0 Å². The van der Waals surface area contributed by atoms with Crippen molar-refractivity contribution in [1.29, 1.82) is 0 Å². The summed E-state index contributed by atoms with van der Waals surface area (Å²) in [5, 5.41) is 3.65. The van der Waals surface area contributed by atoms with E-state index in [1.165, 1.54) is 19.3 Å². The van der Waals surface area contributed by atoms with E-state index in [0.29, 0.717) is 16.9 Å². The van der Waals surface area contributed by atoms with Gasteiger partial charge in [-0.2, -0.15) is 0 Å². The molecule has 0 heterocycles. The highest BCUT2D eigenvalue weighted by Crippen LogP contribution is 2.36. The number of nitrogens with two attached hydrogens (primary N) is 1. The summed E-state index contributed by atoms with van der Waals surface area (Å²) < 4.78 is 1.05. The summed E-state index contributed by atoms with van der Waals surface area (Å²) in [5.74, 6) is 1.53. The highest BCUT2D eigenvalue weighted by atomic mass is 79.9. The first-order valence-electron chi connectivity index (χ1n) is 6.88. The van der Waals surface area contributed by atoms with E-state index >= 15 is 0 Å². The topological polar surface area (TPSA) is 38.0 Å². The molecule has 104 valence electrons. The molecule has 2 nitrogen and oxygen atoms in total. The molecule has 3 unspecified atom stereocenters. The van der Waals surface area contributed by atoms with Gasteiger partial charge in [0.2, 0.25) is 0 Å². The normalized spacial score (nSPS) is 26.4. The van der Waals surface area contributed by atoms with Crippen molar-refractivity contribution in [2.75, 3.05) is 5.32 Å². The Labute approximate surface area is 129 Å². The Morgan fingerprint density at radius 1 is 1.47 bits per heavy atom. The van der Waals surface area contributed by atoms with E-state index in [0.717, 1.165) is 21.6 Å². The van der Waals surface area contributed by atoms with Crippen molar-refractivity contribution >= 4 is 38.8 Å². The molecule has 1 aromatic rings. The minimum atomic E-state index is 0.452. The van der Waals surface area contributed by atoms with Crippen LogP contribution in [0.2, 0.25) is 0 Å². The Hall–Kier alpha value is -0.610. The lowest BCUT2D eigenvalue weighted by molar-refractivity contribution is 0.392. The maximum atomic E-state index is 5.80.